The molecule has 2 heteroatoms. The zero-order valence-electron chi connectivity index (χ0n) is 12.0. The highest BCUT2D eigenvalue weighted by atomic mass is 15.1. The van der Waals surface area contributed by atoms with E-state index in [0.717, 1.165) is 25.7 Å². The molecule has 100 valence electrons. The molecule has 1 fully saturated rings. The number of rotatable bonds is 7. The summed E-state index contributed by atoms with van der Waals surface area (Å²) in [6.07, 6.45) is 7.04. The molecule has 0 heterocycles. The summed E-state index contributed by atoms with van der Waals surface area (Å²) in [6.45, 7) is 14.0. The average molecular weight is 238 g/mol. The first-order valence-electron chi connectivity index (χ1n) is 7.27. The summed E-state index contributed by atoms with van der Waals surface area (Å²) in [5, 5.41) is 3.45. The van der Waals surface area contributed by atoms with E-state index in [4.69, 9.17) is 0 Å². The van der Waals surface area contributed by atoms with Crippen LogP contribution in [0.2, 0.25) is 0 Å². The lowest BCUT2D eigenvalue weighted by atomic mass is 9.94. The lowest BCUT2D eigenvalue weighted by molar-refractivity contribution is 0.176. The predicted octanol–water partition coefficient (Wildman–Crippen LogP) is 3.20. The van der Waals surface area contributed by atoms with E-state index in [9.17, 15) is 0 Å². The van der Waals surface area contributed by atoms with Gasteiger partial charge < -0.3 is 5.32 Å². The first kappa shape index (κ1) is 14.7. The van der Waals surface area contributed by atoms with Crippen molar-refractivity contribution in [3.05, 3.63) is 12.2 Å². The van der Waals surface area contributed by atoms with Gasteiger partial charge in [-0.25, -0.2) is 0 Å². The monoisotopic (exact) mass is 238 g/mol. The van der Waals surface area contributed by atoms with Crippen molar-refractivity contribution in [2.24, 2.45) is 0 Å². The largest absolute Gasteiger partial charge is 0.311 e. The lowest BCUT2D eigenvalue weighted by Crippen LogP contribution is -2.39. The second kappa shape index (κ2) is 7.88. The van der Waals surface area contributed by atoms with Gasteiger partial charge in [-0.3, -0.25) is 4.90 Å². The highest BCUT2D eigenvalue weighted by molar-refractivity contribution is 5.01. The van der Waals surface area contributed by atoms with Gasteiger partial charge in [0.05, 0.1) is 0 Å². The van der Waals surface area contributed by atoms with Gasteiger partial charge in [0.25, 0.3) is 0 Å². The molecule has 0 amide bonds. The van der Waals surface area contributed by atoms with E-state index >= 15 is 0 Å². The Bertz CT molecular complexity index is 217. The Labute approximate surface area is 107 Å². The van der Waals surface area contributed by atoms with Crippen LogP contribution in [0, 0.1) is 0 Å². The minimum Gasteiger partial charge on any atom is -0.311 e. The third kappa shape index (κ3) is 5.69. The molecule has 0 saturated heterocycles. The molecule has 1 saturated carbocycles. The van der Waals surface area contributed by atoms with Crippen LogP contribution in [-0.2, 0) is 0 Å². The van der Waals surface area contributed by atoms with Crippen LogP contribution in [0.5, 0.6) is 0 Å². The van der Waals surface area contributed by atoms with Crippen LogP contribution in [0.1, 0.15) is 52.9 Å². The highest BCUT2D eigenvalue weighted by Gasteiger charge is 2.19. The van der Waals surface area contributed by atoms with Crippen molar-refractivity contribution in [1.82, 2.24) is 10.2 Å². The first-order valence-corrected chi connectivity index (χ1v) is 7.27. The standard InChI is InChI=1S/C15H30N2/c1-5-17(15-9-7-6-8-10-15)12-14(4)11-16-13(2)3/h13,15-16H,4-12H2,1-3H3. The predicted molar refractivity (Wildman–Crippen MR) is 76.4 cm³/mol. The van der Waals surface area contributed by atoms with E-state index in [2.05, 4.69) is 37.6 Å². The minimum absolute atomic E-state index is 0.552. The fourth-order valence-corrected chi connectivity index (χ4v) is 2.64. The molecule has 0 aromatic heterocycles. The van der Waals surface area contributed by atoms with Crippen molar-refractivity contribution in [2.45, 2.75) is 65.0 Å². The minimum atomic E-state index is 0.552. The molecular formula is C15H30N2. The number of nitrogens with one attached hydrogen (secondary N) is 1. The Morgan fingerprint density at radius 2 is 1.94 bits per heavy atom. The zero-order valence-corrected chi connectivity index (χ0v) is 12.0. The van der Waals surface area contributed by atoms with Crippen LogP contribution in [0.25, 0.3) is 0 Å². The van der Waals surface area contributed by atoms with Gasteiger partial charge in [0.1, 0.15) is 0 Å². The molecule has 0 aliphatic heterocycles. The van der Waals surface area contributed by atoms with Gasteiger partial charge in [0.2, 0.25) is 0 Å². The van der Waals surface area contributed by atoms with Crippen molar-refractivity contribution in [2.75, 3.05) is 19.6 Å². The van der Waals surface area contributed by atoms with Gasteiger partial charge in [-0.1, -0.05) is 46.6 Å². The maximum absolute atomic E-state index is 4.21. The summed E-state index contributed by atoms with van der Waals surface area (Å²) in [6, 6.07) is 1.36. The van der Waals surface area contributed by atoms with Crippen LogP contribution >= 0.6 is 0 Å². The van der Waals surface area contributed by atoms with Crippen molar-refractivity contribution < 1.29 is 0 Å². The van der Waals surface area contributed by atoms with Crippen LogP contribution in [0.4, 0.5) is 0 Å². The molecule has 2 nitrogen and oxygen atoms in total. The van der Waals surface area contributed by atoms with Gasteiger partial charge in [0, 0.05) is 25.2 Å². The molecule has 1 N–H and O–H groups in total. The topological polar surface area (TPSA) is 15.3 Å². The number of hydrogen-bond donors (Lipinski definition) is 1. The van der Waals surface area contributed by atoms with Gasteiger partial charge in [0.15, 0.2) is 0 Å². The van der Waals surface area contributed by atoms with Crippen LogP contribution < -0.4 is 5.32 Å². The van der Waals surface area contributed by atoms with Crippen molar-refractivity contribution in [3.8, 4) is 0 Å². The molecule has 1 aliphatic carbocycles. The average Bonchev–Trinajstić information content (AvgIpc) is 2.34. The Kier molecular flexibility index (Phi) is 6.83. The van der Waals surface area contributed by atoms with E-state index in [1.807, 2.05) is 0 Å². The molecule has 0 spiro atoms. The first-order chi connectivity index (χ1) is 8.13. The Morgan fingerprint density at radius 3 is 2.47 bits per heavy atom. The van der Waals surface area contributed by atoms with E-state index in [0.29, 0.717) is 6.04 Å². The second-order valence-corrected chi connectivity index (χ2v) is 5.64. The molecular weight excluding hydrogens is 208 g/mol. The quantitative estimate of drug-likeness (QED) is 0.685. The number of nitrogens with zero attached hydrogens (tertiary/aromatic N) is 1. The van der Waals surface area contributed by atoms with Gasteiger partial charge in [-0.15, -0.1) is 0 Å². The molecule has 0 bridgehead atoms. The van der Waals surface area contributed by atoms with Crippen molar-refractivity contribution in [3.63, 3.8) is 0 Å². The molecule has 0 aromatic carbocycles. The van der Waals surface area contributed by atoms with Gasteiger partial charge in [-0.2, -0.15) is 0 Å². The molecule has 17 heavy (non-hydrogen) atoms. The van der Waals surface area contributed by atoms with Gasteiger partial charge in [-0.05, 0) is 25.0 Å². The van der Waals surface area contributed by atoms with Crippen molar-refractivity contribution >= 4 is 0 Å². The van der Waals surface area contributed by atoms with Crippen LogP contribution in [-0.4, -0.2) is 36.6 Å². The Hall–Kier alpha value is -0.340. The summed E-state index contributed by atoms with van der Waals surface area (Å²) in [4.78, 5) is 2.61. The fourth-order valence-electron chi connectivity index (χ4n) is 2.64. The highest BCUT2D eigenvalue weighted by Crippen LogP contribution is 2.22. The third-order valence-electron chi connectivity index (χ3n) is 3.68. The number of hydrogen-bond acceptors (Lipinski definition) is 2. The van der Waals surface area contributed by atoms with E-state index in [1.165, 1.54) is 37.7 Å². The normalized spacial score (nSPS) is 17.9. The second-order valence-electron chi connectivity index (χ2n) is 5.64. The molecule has 1 aliphatic rings. The lowest BCUT2D eigenvalue weighted by Gasteiger charge is -2.34. The molecule has 0 aromatic rings. The molecule has 0 unspecified atom stereocenters. The molecule has 0 atom stereocenters. The maximum Gasteiger partial charge on any atom is 0.0205 e. The third-order valence-corrected chi connectivity index (χ3v) is 3.68. The SMILES string of the molecule is C=C(CNC(C)C)CN(CC)C1CCCCC1. The van der Waals surface area contributed by atoms with E-state index in [-0.39, 0.29) is 0 Å². The summed E-state index contributed by atoms with van der Waals surface area (Å²) < 4.78 is 0. The van der Waals surface area contributed by atoms with Crippen molar-refractivity contribution in [1.29, 1.82) is 0 Å². The summed E-state index contributed by atoms with van der Waals surface area (Å²) >= 11 is 0. The summed E-state index contributed by atoms with van der Waals surface area (Å²) in [5.74, 6) is 0. The summed E-state index contributed by atoms with van der Waals surface area (Å²) in [5.41, 5.74) is 1.33. The van der Waals surface area contributed by atoms with E-state index in [1.54, 1.807) is 0 Å². The zero-order chi connectivity index (χ0) is 12.7. The van der Waals surface area contributed by atoms with Gasteiger partial charge >= 0.3 is 0 Å². The Morgan fingerprint density at radius 1 is 1.29 bits per heavy atom. The number of likely N-dealkylation sites (N-methyl/N-ethyl adjacent to an activating group) is 1. The smallest absolute Gasteiger partial charge is 0.0205 e. The Balaban J connectivity index is 2.32. The summed E-state index contributed by atoms with van der Waals surface area (Å²) in [7, 11) is 0. The molecule has 1 rings (SSSR count). The maximum atomic E-state index is 4.21. The van der Waals surface area contributed by atoms with Crippen LogP contribution in [0.15, 0.2) is 12.2 Å². The fraction of sp³-hybridized carbons (Fsp3) is 0.867. The van der Waals surface area contributed by atoms with Crippen LogP contribution in [0.3, 0.4) is 0 Å². The van der Waals surface area contributed by atoms with E-state index < -0.39 is 0 Å². The molecule has 0 radical (unpaired) electrons.